The van der Waals surface area contributed by atoms with Gasteiger partial charge in [-0.3, -0.25) is 0 Å². The Labute approximate surface area is 59.7 Å². The molecule has 0 rings (SSSR count). The van der Waals surface area contributed by atoms with E-state index in [9.17, 15) is 0 Å². The monoisotopic (exact) mass is 152 g/mol. The summed E-state index contributed by atoms with van der Waals surface area (Å²) in [6.45, 7) is 0. The van der Waals surface area contributed by atoms with Crippen LogP contribution in [0.15, 0.2) is 0 Å². The third-order valence-electron chi connectivity index (χ3n) is 0. The minimum absolute atomic E-state index is 0. The van der Waals surface area contributed by atoms with Crippen molar-refractivity contribution in [1.29, 1.82) is 0 Å². The van der Waals surface area contributed by atoms with E-state index in [1.54, 1.807) is 0 Å². The van der Waals surface area contributed by atoms with Gasteiger partial charge < -0.3 is 5.11 Å². The number of aliphatic hydroxyl groups excluding tert-OH is 1. The first-order valence-electron chi connectivity index (χ1n) is 0.316. The van der Waals surface area contributed by atoms with Gasteiger partial charge in [-0.2, -0.15) is 0 Å². The molecule has 0 aliphatic heterocycles. The normalized spacial score (nSPS) is 1.20. The summed E-state index contributed by atoms with van der Waals surface area (Å²) in [5.41, 5.74) is 0. The molecule has 0 aliphatic rings. The van der Waals surface area contributed by atoms with Gasteiger partial charge in [0.05, 0.1) is 0 Å². The van der Waals surface area contributed by atoms with E-state index in [1.165, 1.54) is 0 Å². The fraction of sp³-hybridized carbons (Fsp3) is 0.667. The second-order valence-corrected chi connectivity index (χ2v) is 0. The molecule has 1 radical (unpaired) electrons. The number of hydrogen-bond acceptors (Lipinski definition) is 1. The predicted molar refractivity (Wildman–Crippen MR) is 20.8 cm³/mol. The van der Waals surface area contributed by atoms with Crippen molar-refractivity contribution < 1.29 is 37.8 Å². The topological polar surface area (TPSA) is 20.2 Å². The molecule has 0 saturated heterocycles. The van der Waals surface area contributed by atoms with Gasteiger partial charge in [-0.15, -0.1) is 0 Å². The summed E-state index contributed by atoms with van der Waals surface area (Å²) in [4.78, 5) is 0. The van der Waals surface area contributed by atoms with Crippen molar-refractivity contribution in [3.8, 4) is 0 Å². The van der Waals surface area contributed by atoms with Gasteiger partial charge in [0.1, 0.15) is 0 Å². The van der Waals surface area contributed by atoms with Gasteiger partial charge >= 0.3 is 0 Å². The summed E-state index contributed by atoms with van der Waals surface area (Å²) in [5, 5.41) is 6.75. The van der Waals surface area contributed by atoms with E-state index < -0.39 is 0 Å². The molecule has 0 atom stereocenters. The number of rotatable bonds is 0. The van der Waals surface area contributed by atoms with Crippen LogP contribution >= 0.6 is 0 Å². The Bertz CT molecular complexity index is 6.85. The summed E-state index contributed by atoms with van der Waals surface area (Å²) < 4.78 is 0. The first-order chi connectivity index (χ1) is 1.00. The molecule has 0 bridgehead atoms. The molecule has 0 heterocycles. The van der Waals surface area contributed by atoms with Gasteiger partial charge in [0.2, 0.25) is 0 Å². The zero-order valence-corrected chi connectivity index (χ0v) is 4.57. The molecule has 0 saturated carbocycles. The Morgan fingerprint density at radius 3 is 1.00 bits per heavy atom. The second-order valence-electron chi connectivity index (χ2n) is 0. The predicted octanol–water partition coefficient (Wildman–Crippen LogP) is 1.42. The summed E-state index contributed by atoms with van der Waals surface area (Å²) in [7, 11) is 2.25. The summed E-state index contributed by atoms with van der Waals surface area (Å²) in [6.07, 6.45) is 0. The van der Waals surface area contributed by atoms with Crippen LogP contribution in [0.4, 0.5) is 0 Å². The molecule has 33 valence electrons. The fourth-order valence-electron chi connectivity index (χ4n) is 0. The van der Waals surface area contributed by atoms with Crippen molar-refractivity contribution >= 4 is 0 Å². The van der Waals surface area contributed by atoms with Crippen molar-refractivity contribution in [2.75, 3.05) is 0 Å². The Morgan fingerprint density at radius 2 is 1.00 bits per heavy atom. The molecule has 0 fully saturated rings. The maximum atomic E-state index is 6.75. The van der Waals surface area contributed by atoms with Crippen LogP contribution < -0.4 is 0 Å². The molecule has 0 unspecified atom stereocenters. The minimum atomic E-state index is 0. The average Bonchev–Trinajstić information content (AvgIpc) is 1.00. The molecule has 0 spiro atoms. The minimum Gasteiger partial charge on any atom is -0.569 e. The Morgan fingerprint density at radius 1 is 1.00 bits per heavy atom. The molecule has 0 aromatic rings. The van der Waals surface area contributed by atoms with Crippen LogP contribution in [-0.2, 0) is 32.7 Å². The number of aliphatic hydroxyl groups is 1. The molecule has 1 nitrogen and oxygen atoms in total. The van der Waals surface area contributed by atoms with Crippen molar-refractivity contribution in [3.63, 3.8) is 0 Å². The first-order valence-corrected chi connectivity index (χ1v) is 0.316. The molecule has 5 heavy (non-hydrogen) atoms. The van der Waals surface area contributed by atoms with Crippen LogP contribution in [0.5, 0.6) is 0 Å². The SMILES string of the molecule is C.C.[CH2-]O.[Y]. The van der Waals surface area contributed by atoms with Gasteiger partial charge in [0.15, 0.2) is 0 Å². The van der Waals surface area contributed by atoms with E-state index in [1.807, 2.05) is 0 Å². The molecule has 0 aromatic carbocycles. The summed E-state index contributed by atoms with van der Waals surface area (Å²) in [5.74, 6) is 0. The van der Waals surface area contributed by atoms with Crippen molar-refractivity contribution in [2.24, 2.45) is 0 Å². The quantitative estimate of drug-likeness (QED) is 0.520. The molecule has 1 N–H and O–H groups in total. The van der Waals surface area contributed by atoms with Crippen molar-refractivity contribution in [1.82, 2.24) is 0 Å². The van der Waals surface area contributed by atoms with Crippen LogP contribution in [0.25, 0.3) is 0 Å². The third-order valence-corrected chi connectivity index (χ3v) is 0. The van der Waals surface area contributed by atoms with Crippen LogP contribution in [-0.4, -0.2) is 5.11 Å². The molecule has 0 aromatic heterocycles. The third kappa shape index (κ3) is 42.0. The van der Waals surface area contributed by atoms with E-state index in [0.717, 1.165) is 0 Å². The number of hydrogen-bond donors (Lipinski definition) is 1. The smallest absolute Gasteiger partial charge is 0 e. The van der Waals surface area contributed by atoms with Crippen LogP contribution in [0, 0.1) is 7.11 Å². The van der Waals surface area contributed by atoms with Gasteiger partial charge in [0, 0.05) is 32.7 Å². The molecular weight excluding hydrogens is 141 g/mol. The molecular formula is C3H11OY-. The second kappa shape index (κ2) is 73.9. The Balaban J connectivity index is -0.00000000167. The molecule has 0 amide bonds. The maximum absolute atomic E-state index is 6.75. The maximum Gasteiger partial charge on any atom is 0 e. The zero-order chi connectivity index (χ0) is 2.00. The van der Waals surface area contributed by atoms with Crippen LogP contribution in [0.2, 0.25) is 0 Å². The average molecular weight is 152 g/mol. The van der Waals surface area contributed by atoms with E-state index in [-0.39, 0.29) is 47.6 Å². The van der Waals surface area contributed by atoms with Gasteiger partial charge in [0.25, 0.3) is 0 Å². The first kappa shape index (κ1) is 36.5. The summed E-state index contributed by atoms with van der Waals surface area (Å²) in [6, 6.07) is 0. The van der Waals surface area contributed by atoms with Crippen LogP contribution in [0.3, 0.4) is 0 Å². The van der Waals surface area contributed by atoms with E-state index in [2.05, 4.69) is 7.11 Å². The van der Waals surface area contributed by atoms with Crippen LogP contribution in [0.1, 0.15) is 14.9 Å². The Hall–Kier alpha value is 1.06. The fourth-order valence-corrected chi connectivity index (χ4v) is 0. The summed E-state index contributed by atoms with van der Waals surface area (Å²) >= 11 is 0. The van der Waals surface area contributed by atoms with Gasteiger partial charge in [-0.1, -0.05) is 14.9 Å². The largest absolute Gasteiger partial charge is 0.569 e. The van der Waals surface area contributed by atoms with Gasteiger partial charge in [-0.05, 0) is 0 Å². The zero-order valence-electron chi connectivity index (χ0n) is 1.73. The molecule has 0 aliphatic carbocycles. The standard InChI is InChI=1S/CH3O.2CH4.Y/c1-2;;;/h2H,1H2;2*1H4;/q-1;;;. The van der Waals surface area contributed by atoms with Gasteiger partial charge in [-0.25, -0.2) is 7.11 Å². The molecule has 2 heteroatoms. The van der Waals surface area contributed by atoms with E-state index >= 15 is 0 Å². The Kier molecular flexibility index (Phi) is 539. The van der Waals surface area contributed by atoms with E-state index in [4.69, 9.17) is 5.11 Å². The van der Waals surface area contributed by atoms with Crippen molar-refractivity contribution in [2.45, 2.75) is 14.9 Å². The van der Waals surface area contributed by atoms with Crippen molar-refractivity contribution in [3.05, 3.63) is 7.11 Å². The van der Waals surface area contributed by atoms with E-state index in [0.29, 0.717) is 0 Å².